The molecule has 0 radical (unpaired) electrons. The van der Waals surface area contributed by atoms with E-state index in [-0.39, 0.29) is 6.09 Å². The van der Waals surface area contributed by atoms with Gasteiger partial charge in [-0.25, -0.2) is 4.79 Å². The van der Waals surface area contributed by atoms with Crippen LogP contribution in [0.2, 0.25) is 0 Å². The first-order chi connectivity index (χ1) is 7.46. The lowest BCUT2D eigenvalue weighted by Crippen LogP contribution is -2.44. The van der Waals surface area contributed by atoms with Gasteiger partial charge in [0.05, 0.1) is 0 Å². The summed E-state index contributed by atoms with van der Waals surface area (Å²) in [7, 11) is 0. The predicted molar refractivity (Wildman–Crippen MR) is 62.2 cm³/mol. The summed E-state index contributed by atoms with van der Waals surface area (Å²) in [6.45, 7) is 8.68. The molecule has 0 unspecified atom stereocenters. The molecule has 0 aromatic rings. The standard InChI is InChI=1S/C12H22N2O2/c1-12(2,3)16-11(15)14-6-9-4-8-5-13-7-10(8)9/h8-10,13H,4-7H2,1-3H3,(H,14,15)/t8-,9-,10+/m0/s1. The van der Waals surface area contributed by atoms with Crippen molar-refractivity contribution in [1.82, 2.24) is 10.6 Å². The van der Waals surface area contributed by atoms with Crippen LogP contribution in [0.1, 0.15) is 27.2 Å². The maximum absolute atomic E-state index is 11.4. The van der Waals surface area contributed by atoms with Crippen LogP contribution in [0.3, 0.4) is 0 Å². The van der Waals surface area contributed by atoms with Crippen LogP contribution < -0.4 is 10.6 Å². The van der Waals surface area contributed by atoms with Crippen molar-refractivity contribution in [2.24, 2.45) is 17.8 Å². The summed E-state index contributed by atoms with van der Waals surface area (Å²) < 4.78 is 5.20. The first kappa shape index (κ1) is 11.7. The first-order valence-corrected chi connectivity index (χ1v) is 6.13. The largest absolute Gasteiger partial charge is 0.444 e. The summed E-state index contributed by atoms with van der Waals surface area (Å²) in [6, 6.07) is 0. The molecule has 92 valence electrons. The summed E-state index contributed by atoms with van der Waals surface area (Å²) in [5.41, 5.74) is -0.402. The second-order valence-electron chi connectivity index (χ2n) is 5.96. The highest BCUT2D eigenvalue weighted by atomic mass is 16.6. The Morgan fingerprint density at radius 1 is 1.44 bits per heavy atom. The quantitative estimate of drug-likeness (QED) is 0.747. The maximum atomic E-state index is 11.4. The van der Waals surface area contributed by atoms with Gasteiger partial charge < -0.3 is 15.4 Å². The molecule has 1 saturated carbocycles. The molecule has 2 fully saturated rings. The molecule has 2 N–H and O–H groups in total. The van der Waals surface area contributed by atoms with Crippen LogP contribution in [0.4, 0.5) is 4.79 Å². The Bertz CT molecular complexity index is 273. The number of fused-ring (bicyclic) bond motifs is 1. The van der Waals surface area contributed by atoms with E-state index in [0.717, 1.165) is 31.5 Å². The van der Waals surface area contributed by atoms with E-state index in [4.69, 9.17) is 4.74 Å². The topological polar surface area (TPSA) is 50.4 Å². The molecule has 1 heterocycles. The smallest absolute Gasteiger partial charge is 0.407 e. The van der Waals surface area contributed by atoms with Crippen molar-refractivity contribution in [3.63, 3.8) is 0 Å². The van der Waals surface area contributed by atoms with Gasteiger partial charge in [-0.3, -0.25) is 0 Å². The Morgan fingerprint density at radius 2 is 2.19 bits per heavy atom. The summed E-state index contributed by atoms with van der Waals surface area (Å²) in [4.78, 5) is 11.4. The summed E-state index contributed by atoms with van der Waals surface area (Å²) in [5.74, 6) is 2.27. The van der Waals surface area contributed by atoms with Crippen LogP contribution in [-0.4, -0.2) is 31.3 Å². The number of alkyl carbamates (subject to hydrolysis) is 1. The second kappa shape index (κ2) is 4.24. The van der Waals surface area contributed by atoms with Crippen molar-refractivity contribution in [3.05, 3.63) is 0 Å². The molecular formula is C12H22N2O2. The van der Waals surface area contributed by atoms with Gasteiger partial charge >= 0.3 is 6.09 Å². The van der Waals surface area contributed by atoms with Gasteiger partial charge in [-0.2, -0.15) is 0 Å². The lowest BCUT2D eigenvalue weighted by Gasteiger charge is -2.39. The molecule has 0 spiro atoms. The molecule has 0 bridgehead atoms. The van der Waals surface area contributed by atoms with E-state index in [1.54, 1.807) is 0 Å². The number of nitrogens with one attached hydrogen (secondary N) is 2. The summed E-state index contributed by atoms with van der Waals surface area (Å²) >= 11 is 0. The molecule has 1 aliphatic carbocycles. The molecule has 3 atom stereocenters. The van der Waals surface area contributed by atoms with Crippen molar-refractivity contribution in [3.8, 4) is 0 Å². The third-order valence-electron chi connectivity index (χ3n) is 3.51. The van der Waals surface area contributed by atoms with Crippen LogP contribution in [0.5, 0.6) is 0 Å². The van der Waals surface area contributed by atoms with Crippen LogP contribution in [0.25, 0.3) is 0 Å². The average Bonchev–Trinajstić information content (AvgIpc) is 2.44. The second-order valence-corrected chi connectivity index (χ2v) is 5.96. The fraction of sp³-hybridized carbons (Fsp3) is 0.917. The van der Waals surface area contributed by atoms with E-state index >= 15 is 0 Å². The molecule has 4 heteroatoms. The maximum Gasteiger partial charge on any atom is 0.407 e. The van der Waals surface area contributed by atoms with Crippen LogP contribution in [0.15, 0.2) is 0 Å². The molecule has 0 aromatic heterocycles. The van der Waals surface area contributed by atoms with Crippen molar-refractivity contribution >= 4 is 6.09 Å². The predicted octanol–water partition coefficient (Wildman–Crippen LogP) is 1.37. The molecule has 16 heavy (non-hydrogen) atoms. The number of carbonyl (C=O) groups is 1. The van der Waals surface area contributed by atoms with Gasteiger partial charge in [0, 0.05) is 6.54 Å². The van der Waals surface area contributed by atoms with E-state index < -0.39 is 5.60 Å². The van der Waals surface area contributed by atoms with Crippen LogP contribution >= 0.6 is 0 Å². The van der Waals surface area contributed by atoms with E-state index in [1.165, 1.54) is 6.42 Å². The minimum absolute atomic E-state index is 0.290. The van der Waals surface area contributed by atoms with Gasteiger partial charge in [-0.05, 0) is 58.0 Å². The van der Waals surface area contributed by atoms with Crippen LogP contribution in [0, 0.1) is 17.8 Å². The zero-order chi connectivity index (χ0) is 11.8. The van der Waals surface area contributed by atoms with Crippen LogP contribution in [-0.2, 0) is 4.74 Å². The third-order valence-corrected chi connectivity index (χ3v) is 3.51. The highest BCUT2D eigenvalue weighted by molar-refractivity contribution is 5.67. The van der Waals surface area contributed by atoms with Crippen molar-refractivity contribution < 1.29 is 9.53 Å². The minimum Gasteiger partial charge on any atom is -0.444 e. The Kier molecular flexibility index (Phi) is 3.10. The van der Waals surface area contributed by atoms with Crippen molar-refractivity contribution in [2.45, 2.75) is 32.8 Å². The van der Waals surface area contributed by atoms with Gasteiger partial charge in [-0.1, -0.05) is 0 Å². The number of hydrogen-bond acceptors (Lipinski definition) is 3. The van der Waals surface area contributed by atoms with E-state index in [9.17, 15) is 4.79 Å². The monoisotopic (exact) mass is 226 g/mol. The minimum atomic E-state index is -0.402. The Morgan fingerprint density at radius 3 is 2.81 bits per heavy atom. The highest BCUT2D eigenvalue weighted by Crippen LogP contribution is 2.42. The Hall–Kier alpha value is -0.770. The number of ether oxygens (including phenoxy) is 1. The van der Waals surface area contributed by atoms with E-state index in [2.05, 4.69) is 10.6 Å². The molecule has 2 rings (SSSR count). The molecule has 0 aromatic carbocycles. The molecular weight excluding hydrogens is 204 g/mol. The van der Waals surface area contributed by atoms with Gasteiger partial charge in [0.15, 0.2) is 0 Å². The number of amides is 1. The number of rotatable bonds is 2. The molecule has 1 aliphatic heterocycles. The highest BCUT2D eigenvalue weighted by Gasteiger charge is 2.43. The van der Waals surface area contributed by atoms with E-state index in [0.29, 0.717) is 5.92 Å². The van der Waals surface area contributed by atoms with Gasteiger partial charge in [0.1, 0.15) is 5.60 Å². The Labute approximate surface area is 97.1 Å². The fourth-order valence-corrected chi connectivity index (χ4v) is 2.69. The molecule has 1 saturated heterocycles. The molecule has 4 nitrogen and oxygen atoms in total. The lowest BCUT2D eigenvalue weighted by atomic mass is 9.67. The first-order valence-electron chi connectivity index (χ1n) is 6.13. The van der Waals surface area contributed by atoms with Crippen molar-refractivity contribution in [2.75, 3.05) is 19.6 Å². The Balaban J connectivity index is 1.66. The van der Waals surface area contributed by atoms with Gasteiger partial charge in [0.2, 0.25) is 0 Å². The number of hydrogen-bond donors (Lipinski definition) is 2. The van der Waals surface area contributed by atoms with Crippen molar-refractivity contribution in [1.29, 1.82) is 0 Å². The summed E-state index contributed by atoms with van der Waals surface area (Å²) in [5, 5.41) is 6.26. The molecule has 2 aliphatic rings. The van der Waals surface area contributed by atoms with E-state index in [1.807, 2.05) is 20.8 Å². The molecule has 1 amide bonds. The summed E-state index contributed by atoms with van der Waals surface area (Å²) in [6.07, 6.45) is 0.954. The number of carbonyl (C=O) groups excluding carboxylic acids is 1. The zero-order valence-corrected chi connectivity index (χ0v) is 10.4. The average molecular weight is 226 g/mol. The lowest BCUT2D eigenvalue weighted by molar-refractivity contribution is 0.0468. The third kappa shape index (κ3) is 2.67. The van der Waals surface area contributed by atoms with Gasteiger partial charge in [0.25, 0.3) is 0 Å². The zero-order valence-electron chi connectivity index (χ0n) is 10.4. The normalized spacial score (nSPS) is 32.8. The fourth-order valence-electron chi connectivity index (χ4n) is 2.69. The SMILES string of the molecule is CC(C)(C)OC(=O)NC[C@@H]1C[C@H]2CNC[C@H]21. The van der Waals surface area contributed by atoms with Gasteiger partial charge in [-0.15, -0.1) is 0 Å².